The number of benzene rings is 2. The highest BCUT2D eigenvalue weighted by Gasteiger charge is 2.43. The van der Waals surface area contributed by atoms with Crippen molar-refractivity contribution in [2.45, 2.75) is 43.2 Å². The summed E-state index contributed by atoms with van der Waals surface area (Å²) in [7, 11) is -2.51. The predicted molar refractivity (Wildman–Crippen MR) is 130 cm³/mol. The number of sulfonamides is 1. The van der Waals surface area contributed by atoms with Gasteiger partial charge in [-0.1, -0.05) is 23.7 Å². The van der Waals surface area contributed by atoms with Gasteiger partial charge in [-0.05, 0) is 67.1 Å². The molecule has 2 saturated heterocycles. The van der Waals surface area contributed by atoms with Crippen molar-refractivity contribution in [3.05, 3.63) is 41.4 Å². The Bertz CT molecular complexity index is 1200. The third-order valence-electron chi connectivity index (χ3n) is 7.11. The van der Waals surface area contributed by atoms with Gasteiger partial charge in [0.05, 0.1) is 4.90 Å². The van der Waals surface area contributed by atoms with Crippen molar-refractivity contribution in [1.29, 1.82) is 0 Å². The van der Waals surface area contributed by atoms with Gasteiger partial charge in [-0.2, -0.15) is 4.31 Å². The average Bonchev–Trinajstić information content (AvgIpc) is 3.23. The van der Waals surface area contributed by atoms with Crippen LogP contribution in [0.4, 0.5) is 0 Å². The molecule has 2 aliphatic rings. The maximum absolute atomic E-state index is 13.3. The lowest BCUT2D eigenvalue weighted by Crippen LogP contribution is -2.52. The van der Waals surface area contributed by atoms with Crippen LogP contribution in [0.15, 0.2) is 41.3 Å². The Hall–Kier alpha value is -2.20. The summed E-state index contributed by atoms with van der Waals surface area (Å²) in [4.78, 5) is 29.5. The fourth-order valence-corrected chi connectivity index (χ4v) is 6.39. The van der Waals surface area contributed by atoms with Gasteiger partial charge in [0.2, 0.25) is 21.8 Å². The minimum atomic E-state index is -3.92. The summed E-state index contributed by atoms with van der Waals surface area (Å²) in [5.41, 5.74) is 0. The van der Waals surface area contributed by atoms with Crippen LogP contribution < -0.4 is 0 Å². The maximum Gasteiger partial charge on any atom is 0.245 e. The summed E-state index contributed by atoms with van der Waals surface area (Å²) in [6.07, 6.45) is 1.80. The highest BCUT2D eigenvalue weighted by Crippen LogP contribution is 2.28. The molecule has 0 bridgehead atoms. The number of carbonyl (C=O) groups is 2. The van der Waals surface area contributed by atoms with Crippen LogP contribution >= 0.6 is 11.6 Å². The lowest BCUT2D eigenvalue weighted by atomic mass is 9.97. The van der Waals surface area contributed by atoms with E-state index < -0.39 is 22.1 Å². The highest BCUT2D eigenvalue weighted by molar-refractivity contribution is 7.89. The fraction of sp³-hybridized carbons (Fsp3) is 0.500. The second kappa shape index (κ2) is 9.81. The Morgan fingerprint density at radius 1 is 1.12 bits per heavy atom. The minimum Gasteiger partial charge on any atom is -0.396 e. The molecule has 2 fully saturated rings. The molecule has 0 aliphatic carbocycles. The summed E-state index contributed by atoms with van der Waals surface area (Å²) in [5, 5.41) is 11.4. The number of rotatable bonds is 6. The van der Waals surface area contributed by atoms with Gasteiger partial charge in [0.15, 0.2) is 0 Å². The van der Waals surface area contributed by atoms with Crippen molar-refractivity contribution < 1.29 is 23.1 Å². The largest absolute Gasteiger partial charge is 0.396 e. The van der Waals surface area contributed by atoms with E-state index in [1.807, 2.05) is 0 Å². The lowest BCUT2D eigenvalue weighted by molar-refractivity contribution is -0.144. The zero-order valence-corrected chi connectivity index (χ0v) is 20.9. The van der Waals surface area contributed by atoms with Gasteiger partial charge in [0.1, 0.15) is 12.1 Å². The van der Waals surface area contributed by atoms with Crippen LogP contribution in [0.2, 0.25) is 5.02 Å². The molecule has 34 heavy (non-hydrogen) atoms. The quantitative estimate of drug-likeness (QED) is 0.647. The summed E-state index contributed by atoms with van der Waals surface area (Å²) in [5.74, 6) is -0.281. The predicted octanol–water partition coefficient (Wildman–Crippen LogP) is 2.33. The molecule has 2 heterocycles. The van der Waals surface area contributed by atoms with Crippen molar-refractivity contribution in [3.63, 3.8) is 0 Å². The number of likely N-dealkylation sites (N-methyl/N-ethyl adjacent to an activating group) is 1. The molecule has 2 amide bonds. The zero-order valence-electron chi connectivity index (χ0n) is 19.4. The van der Waals surface area contributed by atoms with Gasteiger partial charge >= 0.3 is 0 Å². The first-order valence-electron chi connectivity index (χ1n) is 11.5. The molecule has 2 aromatic carbocycles. The van der Waals surface area contributed by atoms with Crippen molar-refractivity contribution in [3.8, 4) is 0 Å². The second-order valence-corrected chi connectivity index (χ2v) is 11.6. The molecule has 0 radical (unpaired) electrons. The third kappa shape index (κ3) is 4.66. The second-order valence-electron chi connectivity index (χ2n) is 9.14. The SMILES string of the molecule is C[C@H](C(=O)N1CCC(CO)CC1)N1CC[C@H](N(C)S(=O)(=O)c2ccc3cc(Cl)ccc3c2)C1=O. The summed E-state index contributed by atoms with van der Waals surface area (Å²) < 4.78 is 27.8. The van der Waals surface area contributed by atoms with E-state index in [2.05, 4.69) is 0 Å². The van der Waals surface area contributed by atoms with Crippen molar-refractivity contribution in [2.75, 3.05) is 33.3 Å². The molecular formula is C24H30ClN3O5S. The zero-order chi connectivity index (χ0) is 24.6. The smallest absolute Gasteiger partial charge is 0.245 e. The van der Waals surface area contributed by atoms with E-state index in [-0.39, 0.29) is 29.2 Å². The van der Waals surface area contributed by atoms with Gasteiger partial charge in [0.25, 0.3) is 0 Å². The van der Waals surface area contributed by atoms with Crippen LogP contribution in [-0.4, -0.2) is 84.8 Å². The number of nitrogens with zero attached hydrogens (tertiary/aromatic N) is 3. The summed E-state index contributed by atoms with van der Waals surface area (Å²) in [6, 6.07) is 8.50. The first-order chi connectivity index (χ1) is 16.1. The molecule has 2 aliphatic heterocycles. The van der Waals surface area contributed by atoms with E-state index in [0.717, 1.165) is 27.9 Å². The number of carbonyl (C=O) groups excluding carboxylic acids is 2. The Balaban J connectivity index is 1.47. The van der Waals surface area contributed by atoms with Crippen LogP contribution in [0, 0.1) is 5.92 Å². The standard InChI is InChI=1S/C24H30ClN3O5S/c1-16(23(30)27-10-7-17(15-29)8-11-27)28-12-9-22(24(28)31)26(2)34(32,33)21-6-4-18-13-20(25)5-3-19(18)14-21/h3-6,13-14,16-17,22,29H,7-12,15H2,1-2H3/t16-,22+/m1/s1. The van der Waals surface area contributed by atoms with E-state index in [9.17, 15) is 23.1 Å². The Morgan fingerprint density at radius 3 is 2.44 bits per heavy atom. The molecule has 10 heteroatoms. The molecule has 4 rings (SSSR count). The topological polar surface area (TPSA) is 98.2 Å². The van der Waals surface area contributed by atoms with Crippen molar-refractivity contribution >= 4 is 44.2 Å². The number of aliphatic hydroxyl groups excluding tert-OH is 1. The van der Waals surface area contributed by atoms with Gasteiger partial charge in [-0.25, -0.2) is 8.42 Å². The number of fused-ring (bicyclic) bond motifs is 1. The monoisotopic (exact) mass is 507 g/mol. The number of hydrogen-bond acceptors (Lipinski definition) is 5. The van der Waals surface area contributed by atoms with Crippen LogP contribution in [0.1, 0.15) is 26.2 Å². The van der Waals surface area contributed by atoms with Crippen molar-refractivity contribution in [1.82, 2.24) is 14.1 Å². The number of likely N-dealkylation sites (tertiary alicyclic amines) is 2. The first-order valence-corrected chi connectivity index (χ1v) is 13.3. The van der Waals surface area contributed by atoms with Crippen molar-refractivity contribution in [2.24, 2.45) is 5.92 Å². The molecule has 0 spiro atoms. The average molecular weight is 508 g/mol. The minimum absolute atomic E-state index is 0.104. The van der Waals surface area contributed by atoms with E-state index in [0.29, 0.717) is 31.1 Å². The third-order valence-corrected chi connectivity index (χ3v) is 9.21. The van der Waals surface area contributed by atoms with Gasteiger partial charge in [0, 0.05) is 38.3 Å². The Morgan fingerprint density at radius 2 is 1.76 bits per heavy atom. The van der Waals surface area contributed by atoms with E-state index in [1.54, 1.807) is 42.2 Å². The number of aliphatic hydroxyl groups is 1. The molecule has 2 atom stereocenters. The highest BCUT2D eigenvalue weighted by atomic mass is 35.5. The lowest BCUT2D eigenvalue weighted by Gasteiger charge is -2.35. The molecule has 8 nitrogen and oxygen atoms in total. The van der Waals surface area contributed by atoms with Gasteiger partial charge in [-0.15, -0.1) is 0 Å². The molecule has 184 valence electrons. The normalized spacial score (nSPS) is 21.0. The first kappa shape index (κ1) is 24.9. The summed E-state index contributed by atoms with van der Waals surface area (Å²) in [6.45, 7) is 3.25. The van der Waals surface area contributed by atoms with Crippen LogP contribution in [-0.2, 0) is 19.6 Å². The van der Waals surface area contributed by atoms with Gasteiger partial charge in [-0.3, -0.25) is 9.59 Å². The van der Waals surface area contributed by atoms with E-state index >= 15 is 0 Å². The number of amides is 2. The van der Waals surface area contributed by atoms with Crippen LogP contribution in [0.5, 0.6) is 0 Å². The Labute approximate surface area is 205 Å². The van der Waals surface area contributed by atoms with E-state index in [4.69, 9.17) is 11.6 Å². The summed E-state index contributed by atoms with van der Waals surface area (Å²) >= 11 is 6.02. The molecule has 0 aromatic heterocycles. The number of piperidine rings is 1. The number of hydrogen-bond donors (Lipinski definition) is 1. The number of halogens is 1. The van der Waals surface area contributed by atoms with Crippen LogP contribution in [0.25, 0.3) is 10.8 Å². The molecular weight excluding hydrogens is 478 g/mol. The fourth-order valence-electron chi connectivity index (χ4n) is 4.83. The van der Waals surface area contributed by atoms with E-state index in [1.165, 1.54) is 18.0 Å². The maximum atomic E-state index is 13.3. The molecule has 0 saturated carbocycles. The van der Waals surface area contributed by atoms with Crippen LogP contribution in [0.3, 0.4) is 0 Å². The molecule has 1 N–H and O–H groups in total. The Kier molecular flexibility index (Phi) is 7.19. The van der Waals surface area contributed by atoms with Gasteiger partial charge < -0.3 is 14.9 Å². The molecule has 0 unspecified atom stereocenters. The molecule has 2 aromatic rings.